The molecule has 0 amide bonds. The van der Waals surface area contributed by atoms with Crippen molar-refractivity contribution in [3.63, 3.8) is 0 Å². The van der Waals surface area contributed by atoms with Gasteiger partial charge in [-0.15, -0.1) is 0 Å². The first-order chi connectivity index (χ1) is 19.5. The highest BCUT2D eigenvalue weighted by Gasteiger charge is 2.38. The van der Waals surface area contributed by atoms with Crippen LogP contribution in [0.3, 0.4) is 0 Å². The summed E-state index contributed by atoms with van der Waals surface area (Å²) in [6, 6.07) is 29.7. The van der Waals surface area contributed by atoms with E-state index in [1.165, 1.54) is 21.1 Å². The smallest absolute Gasteiger partial charge is 0.160 e. The van der Waals surface area contributed by atoms with Gasteiger partial charge >= 0.3 is 0 Å². The normalized spacial score (nSPS) is 13.2. The molecule has 4 aromatic carbocycles. The molecule has 0 aromatic heterocycles. The van der Waals surface area contributed by atoms with Crippen molar-refractivity contribution in [3.05, 3.63) is 90.5 Å². The Bertz CT molecular complexity index is 1270. The summed E-state index contributed by atoms with van der Waals surface area (Å²) in [5.74, 6) is 4.77. The Morgan fingerprint density at radius 1 is 0.400 bits per heavy atom. The van der Waals surface area contributed by atoms with Gasteiger partial charge in [0.1, 0.15) is 0 Å². The Hall–Kier alpha value is -3.67. The molecule has 0 bridgehead atoms. The van der Waals surface area contributed by atoms with Gasteiger partial charge in [0.2, 0.25) is 0 Å². The molecule has 0 atom stereocenters. The Labute approximate surface area is 244 Å². The van der Waals surface area contributed by atoms with E-state index in [-0.39, 0.29) is 4.28 Å². The first-order valence-electron chi connectivity index (χ1n) is 13.2. The van der Waals surface area contributed by atoms with Crippen LogP contribution >= 0.6 is 0 Å². The van der Waals surface area contributed by atoms with Gasteiger partial charge in [0, 0.05) is 0 Å². The number of hydrogen-bond acceptors (Lipinski definition) is 6. The van der Waals surface area contributed by atoms with Crippen LogP contribution in [0.4, 0.5) is 0 Å². The minimum Gasteiger partial charge on any atom is -0.493 e. The maximum Gasteiger partial charge on any atom is 0.160 e. The van der Waals surface area contributed by atoms with Crippen molar-refractivity contribution >= 4 is 44.1 Å². The molecular weight excluding hydrogens is 553 g/mol. The van der Waals surface area contributed by atoms with Crippen molar-refractivity contribution in [2.24, 2.45) is 0 Å². The van der Waals surface area contributed by atoms with Crippen LogP contribution < -0.4 is 44.0 Å². The van der Waals surface area contributed by atoms with Crippen molar-refractivity contribution in [1.29, 1.82) is 0 Å². The summed E-state index contributed by atoms with van der Waals surface area (Å²) >= 11 is 0. The molecular formula is C31H38O6Si3. The van der Waals surface area contributed by atoms with E-state index in [0.29, 0.717) is 0 Å². The molecule has 210 valence electrons. The standard InChI is InChI=1S/C31H38O6Si3/c1-32-22-15-10-18-25(28(22)35-4)38-31(21-13-8-7-9-14-21,39-26-19-11-16-23(33-2)29(26)36-5)40-27-20-12-17-24(34-3)30(27)37-6/h7-20H,38-40H2,1-6H3. The summed E-state index contributed by atoms with van der Waals surface area (Å²) in [7, 11) is 7.20. The summed E-state index contributed by atoms with van der Waals surface area (Å²) in [6.07, 6.45) is 0. The third-order valence-corrected chi connectivity index (χ3v) is 18.0. The van der Waals surface area contributed by atoms with Gasteiger partial charge in [0.05, 0.1) is 71.2 Å². The fourth-order valence-corrected chi connectivity index (χ4v) is 17.7. The molecule has 0 aliphatic heterocycles. The molecule has 0 N–H and O–H groups in total. The minimum atomic E-state index is -1.02. The van der Waals surface area contributed by atoms with Gasteiger partial charge in [-0.2, -0.15) is 0 Å². The molecule has 0 saturated heterocycles. The summed E-state index contributed by atoms with van der Waals surface area (Å²) in [5.41, 5.74) is 1.36. The number of benzene rings is 4. The van der Waals surface area contributed by atoms with E-state index >= 15 is 0 Å². The second kappa shape index (κ2) is 13.6. The van der Waals surface area contributed by atoms with E-state index in [9.17, 15) is 0 Å². The van der Waals surface area contributed by atoms with Crippen LogP contribution in [0.15, 0.2) is 84.9 Å². The largest absolute Gasteiger partial charge is 0.493 e. The molecule has 0 radical (unpaired) electrons. The van der Waals surface area contributed by atoms with Gasteiger partial charge in [-0.05, 0) is 38.0 Å². The van der Waals surface area contributed by atoms with Crippen molar-refractivity contribution < 1.29 is 28.4 Å². The summed E-state index contributed by atoms with van der Waals surface area (Å²) in [6.45, 7) is 0. The van der Waals surface area contributed by atoms with Gasteiger partial charge in [0.15, 0.2) is 34.5 Å². The number of methoxy groups -OCH3 is 6. The SMILES string of the molecule is COc1cccc([SiH2]C([SiH2]c2cccc(OC)c2OC)([SiH2]c2cccc(OC)c2OC)c2ccccc2)c1OC. The van der Waals surface area contributed by atoms with Crippen LogP contribution in [0.1, 0.15) is 5.56 Å². The monoisotopic (exact) mass is 590 g/mol. The topological polar surface area (TPSA) is 55.4 Å². The zero-order chi connectivity index (χ0) is 28.5. The van der Waals surface area contributed by atoms with Crippen molar-refractivity contribution in [2.75, 3.05) is 42.7 Å². The van der Waals surface area contributed by atoms with Crippen LogP contribution in [0, 0.1) is 0 Å². The van der Waals surface area contributed by atoms with Crippen molar-refractivity contribution in [3.8, 4) is 34.5 Å². The Balaban J connectivity index is 1.99. The van der Waals surface area contributed by atoms with E-state index in [4.69, 9.17) is 28.4 Å². The van der Waals surface area contributed by atoms with Gasteiger partial charge < -0.3 is 28.4 Å². The summed E-state index contributed by atoms with van der Waals surface area (Å²) in [4.78, 5) is 0. The van der Waals surface area contributed by atoms with Crippen LogP contribution in [-0.4, -0.2) is 71.2 Å². The predicted molar refractivity (Wildman–Crippen MR) is 171 cm³/mol. The maximum atomic E-state index is 5.96. The lowest BCUT2D eigenvalue weighted by atomic mass is 10.2. The minimum absolute atomic E-state index is 0.0415. The zero-order valence-corrected chi connectivity index (χ0v) is 28.4. The van der Waals surface area contributed by atoms with E-state index in [1.54, 1.807) is 42.7 Å². The molecule has 4 rings (SSSR count). The second-order valence-corrected chi connectivity index (χ2v) is 20.0. The molecule has 0 aliphatic rings. The van der Waals surface area contributed by atoms with Crippen LogP contribution in [0.25, 0.3) is 0 Å². The average Bonchev–Trinajstić information content (AvgIpc) is 3.00. The summed E-state index contributed by atoms with van der Waals surface area (Å²) in [5, 5.41) is 3.73. The number of rotatable bonds is 13. The molecule has 40 heavy (non-hydrogen) atoms. The lowest BCUT2D eigenvalue weighted by Gasteiger charge is -2.36. The van der Waals surface area contributed by atoms with E-state index in [2.05, 4.69) is 66.7 Å². The third-order valence-electron chi connectivity index (χ3n) is 7.43. The lowest BCUT2D eigenvalue weighted by Crippen LogP contribution is -2.57. The maximum absolute atomic E-state index is 5.96. The predicted octanol–water partition coefficient (Wildman–Crippen LogP) is 1.33. The second-order valence-electron chi connectivity index (χ2n) is 9.63. The van der Waals surface area contributed by atoms with Gasteiger partial charge in [-0.25, -0.2) is 0 Å². The molecule has 0 saturated carbocycles. The molecule has 4 aromatic rings. The molecule has 6 nitrogen and oxygen atoms in total. The molecule has 0 aliphatic carbocycles. The van der Waals surface area contributed by atoms with Gasteiger partial charge in [-0.1, -0.05) is 72.3 Å². The zero-order valence-electron chi connectivity index (χ0n) is 24.2. The third kappa shape index (κ3) is 6.06. The van der Waals surface area contributed by atoms with Crippen molar-refractivity contribution in [1.82, 2.24) is 0 Å². The highest BCUT2D eigenvalue weighted by atomic mass is 28.3. The number of hydrogen-bond donors (Lipinski definition) is 0. The Morgan fingerprint density at radius 2 is 0.750 bits per heavy atom. The molecule has 0 heterocycles. The van der Waals surface area contributed by atoms with E-state index in [0.717, 1.165) is 34.5 Å². The first-order valence-corrected chi connectivity index (χ1v) is 17.4. The van der Waals surface area contributed by atoms with Crippen LogP contribution in [0.2, 0.25) is 0 Å². The van der Waals surface area contributed by atoms with Crippen LogP contribution in [0.5, 0.6) is 34.5 Å². The molecule has 0 fully saturated rings. The molecule has 9 heteroatoms. The number of para-hydroxylation sites is 3. The van der Waals surface area contributed by atoms with Crippen LogP contribution in [-0.2, 0) is 4.28 Å². The summed E-state index contributed by atoms with van der Waals surface area (Å²) < 4.78 is 35.0. The van der Waals surface area contributed by atoms with Gasteiger partial charge in [0.25, 0.3) is 0 Å². The molecule has 0 spiro atoms. The fraction of sp³-hybridized carbons (Fsp3) is 0.226. The Morgan fingerprint density at radius 3 is 1.05 bits per heavy atom. The molecule has 0 unspecified atom stereocenters. The fourth-order valence-electron chi connectivity index (χ4n) is 5.66. The lowest BCUT2D eigenvalue weighted by molar-refractivity contribution is 0.357. The van der Waals surface area contributed by atoms with Crippen molar-refractivity contribution in [2.45, 2.75) is 4.28 Å². The van der Waals surface area contributed by atoms with E-state index < -0.39 is 28.6 Å². The quantitative estimate of drug-likeness (QED) is 0.219. The Kier molecular flexibility index (Phi) is 9.97. The highest BCUT2D eigenvalue weighted by molar-refractivity contribution is 6.92. The van der Waals surface area contributed by atoms with Gasteiger partial charge in [-0.3, -0.25) is 0 Å². The number of ether oxygens (including phenoxy) is 6. The first kappa shape index (κ1) is 29.3. The highest BCUT2D eigenvalue weighted by Crippen LogP contribution is 2.32. The average molecular weight is 591 g/mol. The van der Waals surface area contributed by atoms with E-state index in [1.807, 2.05) is 18.2 Å².